The van der Waals surface area contributed by atoms with Crippen LogP contribution in [0.15, 0.2) is 121 Å². The molecule has 0 heterocycles. The van der Waals surface area contributed by atoms with Crippen LogP contribution in [0.25, 0.3) is 5.70 Å². The monoisotopic (exact) mass is 613 g/mol. The van der Waals surface area contributed by atoms with Gasteiger partial charge in [0, 0.05) is 31.1 Å². The third-order valence-corrected chi connectivity index (χ3v) is 9.31. The molecule has 0 bridgehead atoms. The Labute approximate surface area is 277 Å². The first-order chi connectivity index (χ1) is 22.7. The molecule has 0 N–H and O–H groups in total. The summed E-state index contributed by atoms with van der Waals surface area (Å²) in [6.45, 7) is 6.22. The van der Waals surface area contributed by atoms with E-state index in [1.807, 2.05) is 0 Å². The molecular formula is C43H51NO2. The second-order valence-electron chi connectivity index (χ2n) is 12.6. The van der Waals surface area contributed by atoms with E-state index < -0.39 is 0 Å². The van der Waals surface area contributed by atoms with Crippen LogP contribution in [0.3, 0.4) is 0 Å². The molecule has 3 heteroatoms. The van der Waals surface area contributed by atoms with Gasteiger partial charge in [0.15, 0.2) is 0 Å². The summed E-state index contributed by atoms with van der Waals surface area (Å²) in [5.41, 5.74) is 10.4. The van der Waals surface area contributed by atoms with Gasteiger partial charge in [0.05, 0.1) is 6.61 Å². The highest BCUT2D eigenvalue weighted by Gasteiger charge is 2.25. The van der Waals surface area contributed by atoms with E-state index in [2.05, 4.69) is 125 Å². The van der Waals surface area contributed by atoms with Crippen LogP contribution in [-0.2, 0) is 16.0 Å². The number of allylic oxidation sites excluding steroid dienone is 1. The average molecular weight is 614 g/mol. The van der Waals surface area contributed by atoms with E-state index in [4.69, 9.17) is 0 Å². The maximum Gasteiger partial charge on any atom is 0.305 e. The van der Waals surface area contributed by atoms with Crippen molar-refractivity contribution in [2.24, 2.45) is 0 Å². The van der Waals surface area contributed by atoms with Gasteiger partial charge in [0.1, 0.15) is 0 Å². The van der Waals surface area contributed by atoms with E-state index in [0.717, 1.165) is 31.8 Å². The van der Waals surface area contributed by atoms with Crippen molar-refractivity contribution in [2.45, 2.75) is 83.5 Å². The molecule has 2 fully saturated rings. The molecule has 46 heavy (non-hydrogen) atoms. The predicted molar refractivity (Wildman–Crippen MR) is 192 cm³/mol. The minimum Gasteiger partial charge on any atom is -0.466 e. The molecule has 4 aromatic carbocycles. The fourth-order valence-corrected chi connectivity index (χ4v) is 6.50. The number of aryl methyl sites for hydroxylation is 1. The second-order valence-corrected chi connectivity index (χ2v) is 12.6. The molecule has 3 nitrogen and oxygen atoms in total. The van der Waals surface area contributed by atoms with Gasteiger partial charge in [-0.05, 0) is 91.2 Å². The molecular weight excluding hydrogens is 562 g/mol. The van der Waals surface area contributed by atoms with E-state index in [0.29, 0.717) is 18.9 Å². The summed E-state index contributed by atoms with van der Waals surface area (Å²) >= 11 is 0. The summed E-state index contributed by atoms with van der Waals surface area (Å²) in [6.07, 6.45) is 10.5. The number of ether oxygens (including phenoxy) is 1. The third kappa shape index (κ3) is 9.69. The Morgan fingerprint density at radius 1 is 0.783 bits per heavy atom. The van der Waals surface area contributed by atoms with E-state index in [1.54, 1.807) is 25.0 Å². The summed E-state index contributed by atoms with van der Waals surface area (Å²) < 4.78 is 4.55. The summed E-state index contributed by atoms with van der Waals surface area (Å²) in [5, 5.41) is 0. The Balaban J connectivity index is 0.000000537. The van der Waals surface area contributed by atoms with Crippen molar-refractivity contribution >= 4 is 11.7 Å². The van der Waals surface area contributed by atoms with Crippen LogP contribution in [0.2, 0.25) is 0 Å². The first-order valence-corrected chi connectivity index (χ1v) is 17.5. The first-order valence-electron chi connectivity index (χ1n) is 17.5. The molecule has 2 aliphatic rings. The molecule has 0 unspecified atom stereocenters. The van der Waals surface area contributed by atoms with Crippen molar-refractivity contribution in [3.05, 3.63) is 149 Å². The SMILES string of the molecule is CCOC(=O)CC.c1ccc(C(=C2CC2)N(CCCc2cccc(C3CCC3)c2)CCC(c2ccccc2)c2ccccc2)cc1. The number of benzene rings is 4. The van der Waals surface area contributed by atoms with E-state index in [-0.39, 0.29) is 5.97 Å². The molecule has 4 aromatic rings. The number of esters is 1. The molecule has 2 saturated carbocycles. The van der Waals surface area contributed by atoms with Gasteiger partial charge in [-0.25, -0.2) is 0 Å². The van der Waals surface area contributed by atoms with Crippen LogP contribution in [0.5, 0.6) is 0 Å². The highest BCUT2D eigenvalue weighted by Crippen LogP contribution is 2.40. The molecule has 0 amide bonds. The van der Waals surface area contributed by atoms with Gasteiger partial charge in [-0.2, -0.15) is 0 Å². The maximum atomic E-state index is 10.2. The molecule has 0 atom stereocenters. The Morgan fingerprint density at radius 3 is 1.93 bits per heavy atom. The minimum atomic E-state index is -0.123. The molecule has 0 aliphatic heterocycles. The average Bonchev–Trinajstić information content (AvgIpc) is 3.91. The van der Waals surface area contributed by atoms with Gasteiger partial charge in [-0.15, -0.1) is 0 Å². The zero-order valence-corrected chi connectivity index (χ0v) is 27.9. The Bertz CT molecular complexity index is 1460. The smallest absolute Gasteiger partial charge is 0.305 e. The van der Waals surface area contributed by atoms with Gasteiger partial charge >= 0.3 is 5.97 Å². The largest absolute Gasteiger partial charge is 0.466 e. The maximum absolute atomic E-state index is 10.2. The van der Waals surface area contributed by atoms with Crippen molar-refractivity contribution in [1.82, 2.24) is 4.90 Å². The van der Waals surface area contributed by atoms with Crippen LogP contribution in [0.1, 0.15) is 105 Å². The molecule has 240 valence electrons. The first kappa shape index (κ1) is 33.3. The Kier molecular flexibility index (Phi) is 12.7. The molecule has 0 radical (unpaired) electrons. The lowest BCUT2D eigenvalue weighted by molar-refractivity contribution is -0.142. The third-order valence-electron chi connectivity index (χ3n) is 9.31. The zero-order chi connectivity index (χ0) is 32.0. The number of carbonyl (C=O) groups excluding carboxylic acids is 1. The Hall–Kier alpha value is -4.11. The van der Waals surface area contributed by atoms with Crippen molar-refractivity contribution in [3.8, 4) is 0 Å². The lowest BCUT2D eigenvalue weighted by Crippen LogP contribution is -2.27. The molecule has 0 spiro atoms. The van der Waals surface area contributed by atoms with E-state index in [1.165, 1.54) is 66.5 Å². The topological polar surface area (TPSA) is 29.5 Å². The fraction of sp³-hybridized carbons (Fsp3) is 0.372. The van der Waals surface area contributed by atoms with Crippen molar-refractivity contribution in [1.29, 1.82) is 0 Å². The molecule has 0 saturated heterocycles. The van der Waals surface area contributed by atoms with Gasteiger partial charge in [0.2, 0.25) is 0 Å². The zero-order valence-electron chi connectivity index (χ0n) is 27.9. The lowest BCUT2D eigenvalue weighted by atomic mass is 9.79. The van der Waals surface area contributed by atoms with Crippen LogP contribution in [0, 0.1) is 0 Å². The summed E-state index contributed by atoms with van der Waals surface area (Å²) in [7, 11) is 0. The number of rotatable bonds is 14. The van der Waals surface area contributed by atoms with E-state index in [9.17, 15) is 4.79 Å². The van der Waals surface area contributed by atoms with E-state index >= 15 is 0 Å². The number of hydrogen-bond donors (Lipinski definition) is 0. The van der Waals surface area contributed by atoms with Gasteiger partial charge in [-0.3, -0.25) is 4.79 Å². The van der Waals surface area contributed by atoms with Crippen molar-refractivity contribution < 1.29 is 9.53 Å². The van der Waals surface area contributed by atoms with Crippen LogP contribution >= 0.6 is 0 Å². The van der Waals surface area contributed by atoms with Crippen LogP contribution in [0.4, 0.5) is 0 Å². The number of carbonyl (C=O) groups is 1. The van der Waals surface area contributed by atoms with Gasteiger partial charge in [-0.1, -0.05) is 129 Å². The lowest BCUT2D eigenvalue weighted by Gasteiger charge is -2.30. The highest BCUT2D eigenvalue weighted by molar-refractivity contribution is 5.70. The van der Waals surface area contributed by atoms with Crippen molar-refractivity contribution in [2.75, 3.05) is 19.7 Å². The van der Waals surface area contributed by atoms with Gasteiger partial charge in [0.25, 0.3) is 0 Å². The van der Waals surface area contributed by atoms with Gasteiger partial charge < -0.3 is 9.64 Å². The second kappa shape index (κ2) is 17.5. The quantitative estimate of drug-likeness (QED) is 0.133. The van der Waals surface area contributed by atoms with Crippen LogP contribution in [-0.4, -0.2) is 30.6 Å². The summed E-state index contributed by atoms with van der Waals surface area (Å²) in [5.74, 6) is 1.08. The van der Waals surface area contributed by atoms with Crippen LogP contribution < -0.4 is 0 Å². The predicted octanol–water partition coefficient (Wildman–Crippen LogP) is 10.6. The molecule has 0 aromatic heterocycles. The number of nitrogens with zero attached hydrogens (tertiary/aromatic N) is 1. The Morgan fingerprint density at radius 2 is 1.41 bits per heavy atom. The van der Waals surface area contributed by atoms with Crippen molar-refractivity contribution in [3.63, 3.8) is 0 Å². The highest BCUT2D eigenvalue weighted by atomic mass is 16.5. The minimum absolute atomic E-state index is 0.123. The summed E-state index contributed by atoms with van der Waals surface area (Å²) in [6, 6.07) is 42.8. The fourth-order valence-electron chi connectivity index (χ4n) is 6.50. The summed E-state index contributed by atoms with van der Waals surface area (Å²) in [4.78, 5) is 12.9. The number of hydrogen-bond acceptors (Lipinski definition) is 3. The molecule has 2 aliphatic carbocycles. The molecule has 6 rings (SSSR count). The standard InChI is InChI=1S/C38H41N.C5H10O2/c1-4-15-32(16-5-1)37(33-17-6-2-7-18-33)26-28-39(38(35-24-25-35)34-19-8-3-9-20-34)27-12-14-30-13-10-23-36(29-30)31-21-11-22-31;1-3-5(6)7-4-2/h1-10,13,15-20,23,29,31,37H,11-12,14,21-22,24-28H2;3-4H2,1-2H3. The normalized spacial score (nSPS) is 13.8.